The van der Waals surface area contributed by atoms with Crippen LogP contribution in [0.3, 0.4) is 0 Å². The molecule has 0 saturated carbocycles. The maximum Gasteiger partial charge on any atom is 0.408 e. The standard InChI is InChI=1S/C29H49N3O4/c1-18(2)16-22(30-26(35)36-29(11,12)13)25(34)32(28(8,9)10)23(24(33)31-27(5,6)7)21-17-19(3)14-15-20(21)4/h14-15,17-18,22-23H,16H2,1-13H3,(H,30,35)(H,31,33). The quantitative estimate of drug-likeness (QED) is 0.490. The van der Waals surface area contributed by atoms with Crippen molar-refractivity contribution in [2.24, 2.45) is 5.92 Å². The highest BCUT2D eigenvalue weighted by molar-refractivity contribution is 5.93. The zero-order chi connectivity index (χ0) is 28.2. The first-order valence-corrected chi connectivity index (χ1v) is 12.8. The van der Waals surface area contributed by atoms with Crippen LogP contribution in [0, 0.1) is 19.8 Å². The number of nitrogens with zero attached hydrogens (tertiary/aromatic N) is 1. The van der Waals surface area contributed by atoms with E-state index in [2.05, 4.69) is 10.6 Å². The topological polar surface area (TPSA) is 87.7 Å². The van der Waals surface area contributed by atoms with Gasteiger partial charge in [0.2, 0.25) is 11.8 Å². The molecule has 1 rings (SSSR count). The Bertz CT molecular complexity index is 933. The van der Waals surface area contributed by atoms with Crippen molar-refractivity contribution in [3.8, 4) is 0 Å². The molecule has 36 heavy (non-hydrogen) atoms. The molecule has 7 nitrogen and oxygen atoms in total. The van der Waals surface area contributed by atoms with Gasteiger partial charge in [0, 0.05) is 11.1 Å². The molecule has 2 unspecified atom stereocenters. The third-order valence-electron chi connectivity index (χ3n) is 5.39. The van der Waals surface area contributed by atoms with E-state index in [4.69, 9.17) is 4.74 Å². The van der Waals surface area contributed by atoms with Gasteiger partial charge in [-0.2, -0.15) is 0 Å². The maximum atomic E-state index is 14.3. The SMILES string of the molecule is Cc1ccc(C)c(C(C(=O)NC(C)(C)C)N(C(=O)C(CC(C)C)NC(=O)OC(C)(C)C)C(C)(C)C)c1. The van der Waals surface area contributed by atoms with Crippen molar-refractivity contribution in [1.82, 2.24) is 15.5 Å². The lowest BCUT2D eigenvalue weighted by Crippen LogP contribution is -2.60. The Morgan fingerprint density at radius 3 is 1.94 bits per heavy atom. The van der Waals surface area contributed by atoms with Gasteiger partial charge in [-0.25, -0.2) is 4.79 Å². The summed E-state index contributed by atoms with van der Waals surface area (Å²) < 4.78 is 5.46. The minimum atomic E-state index is -0.883. The lowest BCUT2D eigenvalue weighted by molar-refractivity contribution is -0.149. The van der Waals surface area contributed by atoms with Crippen molar-refractivity contribution in [2.45, 2.75) is 125 Å². The first kappa shape index (κ1) is 31.5. The number of amides is 3. The van der Waals surface area contributed by atoms with Gasteiger partial charge in [0.15, 0.2) is 0 Å². The van der Waals surface area contributed by atoms with Gasteiger partial charge in [-0.1, -0.05) is 37.6 Å². The van der Waals surface area contributed by atoms with Crippen molar-refractivity contribution >= 4 is 17.9 Å². The zero-order valence-corrected chi connectivity index (χ0v) is 24.8. The highest BCUT2D eigenvalue weighted by atomic mass is 16.6. The molecule has 7 heteroatoms. The average molecular weight is 504 g/mol. The van der Waals surface area contributed by atoms with E-state index in [9.17, 15) is 14.4 Å². The fourth-order valence-electron chi connectivity index (χ4n) is 4.05. The van der Waals surface area contributed by atoms with Crippen LogP contribution < -0.4 is 10.6 Å². The highest BCUT2D eigenvalue weighted by Gasteiger charge is 2.43. The van der Waals surface area contributed by atoms with Crippen LogP contribution in [0.25, 0.3) is 0 Å². The number of nitrogens with one attached hydrogen (secondary N) is 2. The van der Waals surface area contributed by atoms with Crippen molar-refractivity contribution < 1.29 is 19.1 Å². The molecule has 0 radical (unpaired) electrons. The van der Waals surface area contributed by atoms with Gasteiger partial charge in [0.25, 0.3) is 0 Å². The Hall–Kier alpha value is -2.57. The summed E-state index contributed by atoms with van der Waals surface area (Å²) in [5.41, 5.74) is 0.755. The molecule has 0 aliphatic heterocycles. The second kappa shape index (κ2) is 11.7. The minimum Gasteiger partial charge on any atom is -0.444 e. The number of carbonyl (C=O) groups is 3. The van der Waals surface area contributed by atoms with E-state index < -0.39 is 34.9 Å². The van der Waals surface area contributed by atoms with Gasteiger partial charge in [0.1, 0.15) is 17.7 Å². The number of alkyl carbamates (subject to hydrolysis) is 1. The van der Waals surface area contributed by atoms with E-state index in [0.717, 1.165) is 16.7 Å². The Balaban J connectivity index is 3.69. The lowest BCUT2D eigenvalue weighted by atomic mass is 9.90. The van der Waals surface area contributed by atoms with Crippen LogP contribution in [0.2, 0.25) is 0 Å². The van der Waals surface area contributed by atoms with E-state index in [1.165, 1.54) is 0 Å². The molecule has 0 bridgehead atoms. The van der Waals surface area contributed by atoms with E-state index >= 15 is 0 Å². The first-order chi connectivity index (χ1) is 16.1. The van der Waals surface area contributed by atoms with Gasteiger partial charge >= 0.3 is 6.09 Å². The predicted molar refractivity (Wildman–Crippen MR) is 146 cm³/mol. The molecule has 2 N–H and O–H groups in total. The van der Waals surface area contributed by atoms with Crippen LogP contribution in [0.1, 0.15) is 105 Å². The van der Waals surface area contributed by atoms with Gasteiger partial charge in [-0.15, -0.1) is 0 Å². The molecule has 0 heterocycles. The summed E-state index contributed by atoms with van der Waals surface area (Å²) in [6.07, 6.45) is -0.247. The monoisotopic (exact) mass is 503 g/mol. The fraction of sp³-hybridized carbons (Fsp3) is 0.690. The molecule has 1 aromatic carbocycles. The summed E-state index contributed by atoms with van der Waals surface area (Å²) in [7, 11) is 0. The average Bonchev–Trinajstić information content (AvgIpc) is 2.62. The Morgan fingerprint density at radius 2 is 1.50 bits per heavy atom. The number of aryl methyl sites for hydroxylation is 2. The van der Waals surface area contributed by atoms with Gasteiger partial charge < -0.3 is 20.3 Å². The van der Waals surface area contributed by atoms with Gasteiger partial charge in [-0.3, -0.25) is 9.59 Å². The molecule has 0 spiro atoms. The summed E-state index contributed by atoms with van der Waals surface area (Å²) in [5.74, 6) is -0.463. The molecule has 0 fully saturated rings. The largest absolute Gasteiger partial charge is 0.444 e. The van der Waals surface area contributed by atoms with E-state index in [0.29, 0.717) is 6.42 Å². The molecule has 2 atom stereocenters. The summed E-state index contributed by atoms with van der Waals surface area (Å²) in [4.78, 5) is 42.5. The van der Waals surface area contributed by atoms with Crippen LogP contribution >= 0.6 is 0 Å². The molecule has 3 amide bonds. The second-order valence-electron chi connectivity index (χ2n) is 13.2. The Labute approximate surface area is 218 Å². The number of rotatable bonds is 7. The molecular weight excluding hydrogens is 454 g/mol. The fourth-order valence-corrected chi connectivity index (χ4v) is 4.05. The molecule has 0 saturated heterocycles. The van der Waals surface area contributed by atoms with Crippen molar-refractivity contribution in [1.29, 1.82) is 0 Å². The first-order valence-electron chi connectivity index (χ1n) is 12.8. The van der Waals surface area contributed by atoms with Crippen LogP contribution in [0.5, 0.6) is 0 Å². The van der Waals surface area contributed by atoms with Crippen molar-refractivity contribution in [2.75, 3.05) is 0 Å². The van der Waals surface area contributed by atoms with E-state index in [-0.39, 0.29) is 17.7 Å². The van der Waals surface area contributed by atoms with Crippen LogP contribution in [0.15, 0.2) is 18.2 Å². The maximum absolute atomic E-state index is 14.3. The molecule has 0 aliphatic rings. The third kappa shape index (κ3) is 9.82. The molecule has 1 aromatic rings. The van der Waals surface area contributed by atoms with Crippen LogP contribution in [-0.2, 0) is 14.3 Å². The molecule has 0 aliphatic carbocycles. The third-order valence-corrected chi connectivity index (χ3v) is 5.39. The Kier molecular flexibility index (Phi) is 10.2. The Morgan fingerprint density at radius 1 is 0.944 bits per heavy atom. The highest BCUT2D eigenvalue weighted by Crippen LogP contribution is 2.33. The minimum absolute atomic E-state index is 0.123. The van der Waals surface area contributed by atoms with Crippen LogP contribution in [0.4, 0.5) is 4.79 Å². The normalized spacial score (nSPS) is 14.2. The number of benzene rings is 1. The second-order valence-corrected chi connectivity index (χ2v) is 13.2. The number of ether oxygens (including phenoxy) is 1. The summed E-state index contributed by atoms with van der Waals surface area (Å²) in [6, 6.07) is 4.19. The number of hydrogen-bond acceptors (Lipinski definition) is 4. The number of hydrogen-bond donors (Lipinski definition) is 2. The zero-order valence-electron chi connectivity index (χ0n) is 24.8. The summed E-state index contributed by atoms with van der Waals surface area (Å²) in [5, 5.41) is 5.87. The number of carbonyl (C=O) groups excluding carboxylic acids is 3. The van der Waals surface area contributed by atoms with E-state index in [1.807, 2.05) is 87.4 Å². The van der Waals surface area contributed by atoms with Gasteiger partial charge in [0.05, 0.1) is 0 Å². The smallest absolute Gasteiger partial charge is 0.408 e. The van der Waals surface area contributed by atoms with Crippen LogP contribution in [-0.4, -0.2) is 45.5 Å². The predicted octanol–water partition coefficient (Wildman–Crippen LogP) is 5.83. The van der Waals surface area contributed by atoms with Crippen molar-refractivity contribution in [3.63, 3.8) is 0 Å². The van der Waals surface area contributed by atoms with E-state index in [1.54, 1.807) is 25.7 Å². The molecule has 204 valence electrons. The summed E-state index contributed by atoms with van der Waals surface area (Å²) >= 11 is 0. The lowest BCUT2D eigenvalue weighted by Gasteiger charge is -2.44. The summed E-state index contributed by atoms with van der Waals surface area (Å²) in [6.45, 7) is 24.7. The van der Waals surface area contributed by atoms with Crippen molar-refractivity contribution in [3.05, 3.63) is 34.9 Å². The molecular formula is C29H49N3O4. The molecule has 0 aromatic heterocycles. The van der Waals surface area contributed by atoms with Gasteiger partial charge in [-0.05, 0) is 99.6 Å².